The Morgan fingerprint density at radius 2 is 2.13 bits per heavy atom. The average molecular weight is 203 g/mol. The van der Waals surface area contributed by atoms with Crippen molar-refractivity contribution in [3.05, 3.63) is 30.5 Å². The minimum atomic E-state index is 0.776. The van der Waals surface area contributed by atoms with E-state index in [9.17, 15) is 0 Å². The van der Waals surface area contributed by atoms with E-state index in [4.69, 9.17) is 5.73 Å². The van der Waals surface area contributed by atoms with Crippen LogP contribution in [0.1, 0.15) is 12.8 Å². The lowest BCUT2D eigenvalue weighted by molar-refractivity contribution is 0.774. The van der Waals surface area contributed by atoms with Crippen LogP contribution in [0.2, 0.25) is 0 Å². The summed E-state index contributed by atoms with van der Waals surface area (Å²) in [4.78, 5) is 3.18. The van der Waals surface area contributed by atoms with Gasteiger partial charge < -0.3 is 16.0 Å². The molecule has 1 aromatic heterocycles. The first kappa shape index (κ1) is 10.1. The normalized spacial score (nSPS) is 10.7. The van der Waals surface area contributed by atoms with Crippen molar-refractivity contribution in [2.24, 2.45) is 5.73 Å². The topological polar surface area (TPSA) is 53.8 Å². The largest absolute Gasteiger partial charge is 0.385 e. The number of unbranched alkanes of at least 4 members (excludes halogenated alkanes) is 1. The van der Waals surface area contributed by atoms with Crippen LogP contribution in [-0.4, -0.2) is 18.1 Å². The first-order valence-corrected chi connectivity index (χ1v) is 5.41. The van der Waals surface area contributed by atoms with Crippen molar-refractivity contribution < 1.29 is 0 Å². The number of H-pyrrole nitrogens is 1. The van der Waals surface area contributed by atoms with Crippen molar-refractivity contribution in [2.75, 3.05) is 18.4 Å². The number of anilines is 1. The fourth-order valence-corrected chi connectivity index (χ4v) is 1.67. The number of fused-ring (bicyclic) bond motifs is 1. The molecule has 2 rings (SSSR count). The minimum Gasteiger partial charge on any atom is -0.385 e. The molecule has 0 spiro atoms. The van der Waals surface area contributed by atoms with Crippen LogP contribution in [0.25, 0.3) is 10.9 Å². The molecule has 4 N–H and O–H groups in total. The van der Waals surface area contributed by atoms with E-state index in [0.29, 0.717) is 0 Å². The molecular weight excluding hydrogens is 186 g/mol. The van der Waals surface area contributed by atoms with Gasteiger partial charge in [-0.25, -0.2) is 0 Å². The fraction of sp³-hybridized carbons (Fsp3) is 0.333. The van der Waals surface area contributed by atoms with Crippen LogP contribution in [0.3, 0.4) is 0 Å². The lowest BCUT2D eigenvalue weighted by Gasteiger charge is -2.05. The number of nitrogens with two attached hydrogens (primary N) is 1. The molecule has 2 aromatic rings. The molecule has 0 fully saturated rings. The summed E-state index contributed by atoms with van der Waals surface area (Å²) in [5.41, 5.74) is 7.80. The van der Waals surface area contributed by atoms with E-state index in [1.54, 1.807) is 0 Å². The number of aromatic amines is 1. The van der Waals surface area contributed by atoms with E-state index in [0.717, 1.165) is 25.9 Å². The van der Waals surface area contributed by atoms with Gasteiger partial charge >= 0.3 is 0 Å². The third-order valence-electron chi connectivity index (χ3n) is 2.51. The molecule has 0 saturated carbocycles. The molecule has 1 aromatic carbocycles. The summed E-state index contributed by atoms with van der Waals surface area (Å²) in [6.07, 6.45) is 4.17. The lowest BCUT2D eigenvalue weighted by atomic mass is 10.2. The van der Waals surface area contributed by atoms with Gasteiger partial charge in [0.2, 0.25) is 0 Å². The van der Waals surface area contributed by atoms with Gasteiger partial charge in [-0.05, 0) is 43.7 Å². The van der Waals surface area contributed by atoms with Crippen molar-refractivity contribution in [3.8, 4) is 0 Å². The first-order valence-electron chi connectivity index (χ1n) is 5.41. The van der Waals surface area contributed by atoms with Crippen LogP contribution in [0.5, 0.6) is 0 Å². The Morgan fingerprint density at radius 1 is 1.20 bits per heavy atom. The van der Waals surface area contributed by atoms with Gasteiger partial charge in [0, 0.05) is 29.3 Å². The van der Waals surface area contributed by atoms with Crippen molar-refractivity contribution in [1.29, 1.82) is 0 Å². The molecule has 1 heterocycles. The summed E-state index contributed by atoms with van der Waals surface area (Å²) in [5, 5.41) is 4.64. The molecule has 3 nitrogen and oxygen atoms in total. The van der Waals surface area contributed by atoms with Crippen molar-refractivity contribution in [2.45, 2.75) is 12.8 Å². The zero-order chi connectivity index (χ0) is 10.5. The maximum absolute atomic E-state index is 5.44. The molecule has 0 saturated heterocycles. The van der Waals surface area contributed by atoms with E-state index in [2.05, 4.69) is 34.6 Å². The van der Waals surface area contributed by atoms with E-state index < -0.39 is 0 Å². The first-order chi connectivity index (χ1) is 7.40. The molecule has 0 radical (unpaired) electrons. The molecule has 0 aliphatic rings. The Labute approximate surface area is 89.7 Å². The maximum atomic E-state index is 5.44. The van der Waals surface area contributed by atoms with Gasteiger partial charge in [-0.15, -0.1) is 0 Å². The molecule has 0 amide bonds. The number of nitrogens with one attached hydrogen (secondary N) is 2. The van der Waals surface area contributed by atoms with E-state index in [1.807, 2.05) is 6.20 Å². The number of hydrogen-bond acceptors (Lipinski definition) is 2. The molecule has 0 atom stereocenters. The SMILES string of the molecule is NCCCCNc1ccc2[nH]ccc2c1. The van der Waals surface area contributed by atoms with Gasteiger partial charge in [0.05, 0.1) is 0 Å². The molecule has 0 unspecified atom stereocenters. The molecule has 0 aliphatic carbocycles. The molecule has 0 aliphatic heterocycles. The van der Waals surface area contributed by atoms with Crippen LogP contribution in [-0.2, 0) is 0 Å². The summed E-state index contributed by atoms with van der Waals surface area (Å²) >= 11 is 0. The maximum Gasteiger partial charge on any atom is 0.0455 e. The average Bonchev–Trinajstić information content (AvgIpc) is 2.71. The van der Waals surface area contributed by atoms with Gasteiger partial charge in [0.1, 0.15) is 0 Å². The Hall–Kier alpha value is -1.48. The second-order valence-electron chi connectivity index (χ2n) is 3.70. The molecule has 0 bridgehead atoms. The summed E-state index contributed by atoms with van der Waals surface area (Å²) in [6, 6.07) is 8.44. The summed E-state index contributed by atoms with van der Waals surface area (Å²) in [6.45, 7) is 1.77. The van der Waals surface area contributed by atoms with Gasteiger partial charge in [0.25, 0.3) is 0 Å². The van der Waals surface area contributed by atoms with Crippen molar-refractivity contribution in [3.63, 3.8) is 0 Å². The van der Waals surface area contributed by atoms with E-state index in [1.165, 1.54) is 16.6 Å². The Bertz CT molecular complexity index is 419. The van der Waals surface area contributed by atoms with Gasteiger partial charge in [-0.3, -0.25) is 0 Å². The van der Waals surface area contributed by atoms with Crippen LogP contribution < -0.4 is 11.1 Å². The third-order valence-corrected chi connectivity index (χ3v) is 2.51. The van der Waals surface area contributed by atoms with Gasteiger partial charge in [0.15, 0.2) is 0 Å². The number of hydrogen-bond donors (Lipinski definition) is 3. The van der Waals surface area contributed by atoms with Gasteiger partial charge in [-0.1, -0.05) is 0 Å². The Morgan fingerprint density at radius 3 is 3.00 bits per heavy atom. The smallest absolute Gasteiger partial charge is 0.0455 e. The second-order valence-corrected chi connectivity index (χ2v) is 3.70. The monoisotopic (exact) mass is 203 g/mol. The number of benzene rings is 1. The lowest BCUT2D eigenvalue weighted by Crippen LogP contribution is -2.05. The van der Waals surface area contributed by atoms with Crippen LogP contribution in [0.4, 0.5) is 5.69 Å². The standard InChI is InChI=1S/C12H17N3/c13-6-1-2-7-14-11-3-4-12-10(9-11)5-8-15-12/h3-5,8-9,14-15H,1-2,6-7,13H2. The van der Waals surface area contributed by atoms with Crippen LogP contribution in [0, 0.1) is 0 Å². The van der Waals surface area contributed by atoms with Gasteiger partial charge in [-0.2, -0.15) is 0 Å². The van der Waals surface area contributed by atoms with E-state index in [-0.39, 0.29) is 0 Å². The Balaban J connectivity index is 1.96. The second kappa shape index (κ2) is 4.84. The number of rotatable bonds is 5. The molecular formula is C12H17N3. The third kappa shape index (κ3) is 2.50. The van der Waals surface area contributed by atoms with E-state index >= 15 is 0 Å². The summed E-state index contributed by atoms with van der Waals surface area (Å²) < 4.78 is 0. The highest BCUT2D eigenvalue weighted by molar-refractivity contribution is 5.82. The van der Waals surface area contributed by atoms with Crippen LogP contribution in [0.15, 0.2) is 30.5 Å². The fourth-order valence-electron chi connectivity index (χ4n) is 1.67. The van der Waals surface area contributed by atoms with Crippen molar-refractivity contribution >= 4 is 16.6 Å². The zero-order valence-electron chi connectivity index (χ0n) is 8.79. The minimum absolute atomic E-state index is 0.776. The highest BCUT2D eigenvalue weighted by atomic mass is 14.9. The van der Waals surface area contributed by atoms with Crippen molar-refractivity contribution in [1.82, 2.24) is 4.98 Å². The Kier molecular flexibility index (Phi) is 3.25. The predicted molar refractivity (Wildman–Crippen MR) is 65.1 cm³/mol. The predicted octanol–water partition coefficient (Wildman–Crippen LogP) is 2.32. The summed E-state index contributed by atoms with van der Waals surface area (Å²) in [5.74, 6) is 0. The molecule has 15 heavy (non-hydrogen) atoms. The zero-order valence-corrected chi connectivity index (χ0v) is 8.79. The quantitative estimate of drug-likeness (QED) is 0.653. The number of aromatic nitrogens is 1. The molecule has 80 valence electrons. The summed E-state index contributed by atoms with van der Waals surface area (Å²) in [7, 11) is 0. The highest BCUT2D eigenvalue weighted by Gasteiger charge is 1.96. The van der Waals surface area contributed by atoms with Crippen LogP contribution >= 0.6 is 0 Å². The highest BCUT2D eigenvalue weighted by Crippen LogP contribution is 2.17. The molecule has 3 heteroatoms.